The van der Waals surface area contributed by atoms with Crippen molar-refractivity contribution in [1.82, 2.24) is 15.0 Å². The van der Waals surface area contributed by atoms with E-state index in [0.717, 1.165) is 66.1 Å². The molecule has 0 N–H and O–H groups in total. The van der Waals surface area contributed by atoms with E-state index in [-0.39, 0.29) is 30.9 Å². The van der Waals surface area contributed by atoms with Crippen LogP contribution >= 0.6 is 11.3 Å². The van der Waals surface area contributed by atoms with Crippen molar-refractivity contribution in [1.29, 1.82) is 0 Å². The molecule has 0 aliphatic heterocycles. The van der Waals surface area contributed by atoms with Crippen LogP contribution < -0.4 is 0 Å². The van der Waals surface area contributed by atoms with Gasteiger partial charge in [-0.25, -0.2) is 4.98 Å². The van der Waals surface area contributed by atoms with Crippen molar-refractivity contribution in [2.45, 2.75) is 74.1 Å². The Morgan fingerprint density at radius 2 is 1.45 bits per heavy atom. The van der Waals surface area contributed by atoms with Gasteiger partial charge in [0.2, 0.25) is 0 Å². The number of benzene rings is 4. The fourth-order valence-electron chi connectivity index (χ4n) is 6.43. The largest absolute Gasteiger partial charge is 0.498 e. The Hall–Kier alpha value is -4.48. The molecule has 0 aliphatic carbocycles. The number of nitrogens with zero attached hydrogens (tertiary/aromatic N) is 3. The minimum atomic E-state index is 0. The summed E-state index contributed by atoms with van der Waals surface area (Å²) in [5.41, 5.74) is 14.1. The van der Waals surface area contributed by atoms with Crippen LogP contribution in [0.2, 0.25) is 0 Å². The molecule has 4 aromatic heterocycles. The van der Waals surface area contributed by atoms with Gasteiger partial charge in [0, 0.05) is 43.3 Å². The zero-order valence-electron chi connectivity index (χ0n) is 31.9. The molecular weight excluding hydrogens is 847 g/mol. The van der Waals surface area contributed by atoms with Gasteiger partial charge < -0.3 is 14.4 Å². The molecule has 0 amide bonds. The number of fused-ring (bicyclic) bond motifs is 5. The van der Waals surface area contributed by atoms with Crippen molar-refractivity contribution in [3.05, 3.63) is 137 Å². The third-order valence-corrected chi connectivity index (χ3v) is 10.7. The fraction of sp³-hybridized carbons (Fsp3) is 0.255. The van der Waals surface area contributed by atoms with Crippen LogP contribution in [0.4, 0.5) is 0 Å². The molecule has 0 spiro atoms. The first kappa shape index (κ1) is 38.3. The molecule has 0 saturated carbocycles. The van der Waals surface area contributed by atoms with Gasteiger partial charge in [-0.2, -0.15) is 0 Å². The fourth-order valence-corrected chi connectivity index (χ4v) is 7.45. The third kappa shape index (κ3) is 8.21. The molecule has 271 valence electrons. The Bertz CT molecular complexity index is 2540. The molecule has 6 heteroatoms. The molecule has 4 heterocycles. The third-order valence-electron chi connectivity index (χ3n) is 9.22. The Kier molecular flexibility index (Phi) is 10.9. The molecule has 0 unspecified atom stereocenters. The number of thiazole rings is 1. The van der Waals surface area contributed by atoms with Crippen LogP contribution in [0, 0.1) is 38.3 Å². The maximum Gasteiger partial charge on any atom is 0.148 e. The molecule has 0 atom stereocenters. The predicted molar refractivity (Wildman–Crippen MR) is 219 cm³/mol. The number of pyridine rings is 2. The van der Waals surface area contributed by atoms with E-state index in [1.165, 1.54) is 33.4 Å². The minimum Gasteiger partial charge on any atom is -0.498 e. The van der Waals surface area contributed by atoms with Crippen LogP contribution in [0.15, 0.2) is 102 Å². The zero-order valence-corrected chi connectivity index (χ0v) is 35.1. The number of rotatable bonds is 4. The van der Waals surface area contributed by atoms with E-state index < -0.39 is 0 Å². The Morgan fingerprint density at radius 1 is 0.736 bits per heavy atom. The number of hydrogen-bond donors (Lipinski definition) is 0. The second-order valence-corrected chi connectivity index (χ2v) is 17.0. The summed E-state index contributed by atoms with van der Waals surface area (Å²) in [7, 11) is 0. The van der Waals surface area contributed by atoms with E-state index in [1.807, 2.05) is 30.6 Å². The molecule has 0 bridgehead atoms. The summed E-state index contributed by atoms with van der Waals surface area (Å²) in [6.45, 7) is 19.7. The van der Waals surface area contributed by atoms with Crippen molar-refractivity contribution in [2.75, 3.05) is 0 Å². The molecule has 0 fully saturated rings. The molecule has 4 nitrogen and oxygen atoms in total. The summed E-state index contributed by atoms with van der Waals surface area (Å²) in [6, 6.07) is 36.0. The average Bonchev–Trinajstić information content (AvgIpc) is 3.73. The first-order valence-electron chi connectivity index (χ1n) is 17.9. The van der Waals surface area contributed by atoms with Crippen LogP contribution in [0.1, 0.15) is 68.8 Å². The van der Waals surface area contributed by atoms with E-state index in [4.69, 9.17) is 14.4 Å². The Balaban J connectivity index is 0.000000197. The van der Waals surface area contributed by atoms with Gasteiger partial charge in [-0.3, -0.25) is 0 Å². The molecule has 0 saturated heterocycles. The smallest absolute Gasteiger partial charge is 0.148 e. The standard InChI is InChI=1S/C28H29N2OS.C19H16N.Ir/c1-16-15-29-21(13-17(16)14-27(2,3)4)20-10-8-9-18-19-11-12-22-23(25(19)31-24(18)20)30-26(32-22)28(5,6)7;1-14-8-10-17(11-9-14)19-12-18(15(2)13-20-19)16-6-4-3-5-7-16;/h8-9,11-13,15H,14H2,1-7H3;3-10,12-13H,1-2H3;/q2*-1;. The van der Waals surface area contributed by atoms with Gasteiger partial charge in [0.25, 0.3) is 0 Å². The van der Waals surface area contributed by atoms with Gasteiger partial charge in [-0.05, 0) is 65.4 Å². The van der Waals surface area contributed by atoms with Crippen molar-refractivity contribution in [3.63, 3.8) is 0 Å². The van der Waals surface area contributed by atoms with Gasteiger partial charge in [-0.15, -0.1) is 64.9 Å². The first-order chi connectivity index (χ1) is 24.7. The molecular formula is C47H45IrN3OS-2. The van der Waals surface area contributed by atoms with Gasteiger partial charge in [-0.1, -0.05) is 114 Å². The molecule has 8 rings (SSSR count). The summed E-state index contributed by atoms with van der Waals surface area (Å²) < 4.78 is 7.68. The topological polar surface area (TPSA) is 51.8 Å². The van der Waals surface area contributed by atoms with Crippen molar-refractivity contribution < 1.29 is 24.5 Å². The summed E-state index contributed by atoms with van der Waals surface area (Å²) in [4.78, 5) is 14.3. The summed E-state index contributed by atoms with van der Waals surface area (Å²) in [5.74, 6) is 0. The SMILES string of the molecule is Cc1c[c-]c(-c2cc(-c3ccccc3)c(C)cn2)cc1.Cc1cnc(-c2[c-]ccc3c2oc2c3ccc3sc(C(C)(C)C)nc32)cc1CC(C)(C)C.[Ir]. The van der Waals surface area contributed by atoms with E-state index in [1.54, 1.807) is 11.3 Å². The van der Waals surface area contributed by atoms with Gasteiger partial charge in [0.1, 0.15) is 11.1 Å². The van der Waals surface area contributed by atoms with Gasteiger partial charge >= 0.3 is 0 Å². The van der Waals surface area contributed by atoms with E-state index in [0.29, 0.717) is 0 Å². The van der Waals surface area contributed by atoms with Crippen LogP contribution in [-0.2, 0) is 31.9 Å². The average molecular weight is 892 g/mol. The molecule has 1 radical (unpaired) electrons. The van der Waals surface area contributed by atoms with Gasteiger partial charge in [0.05, 0.1) is 15.3 Å². The van der Waals surface area contributed by atoms with Gasteiger partial charge in [0.15, 0.2) is 0 Å². The molecule has 0 aliphatic rings. The van der Waals surface area contributed by atoms with E-state index in [9.17, 15) is 0 Å². The maximum absolute atomic E-state index is 6.52. The van der Waals surface area contributed by atoms with Crippen molar-refractivity contribution >= 4 is 43.5 Å². The first-order valence-corrected chi connectivity index (χ1v) is 18.7. The van der Waals surface area contributed by atoms with Crippen LogP contribution in [0.3, 0.4) is 0 Å². The summed E-state index contributed by atoms with van der Waals surface area (Å²) in [6.07, 6.45) is 4.91. The molecule has 4 aromatic carbocycles. The number of aryl methyl sites for hydroxylation is 3. The van der Waals surface area contributed by atoms with E-state index in [2.05, 4.69) is 146 Å². The molecule has 8 aromatic rings. The zero-order chi connectivity index (χ0) is 36.8. The number of aromatic nitrogens is 3. The van der Waals surface area contributed by atoms with Crippen LogP contribution in [0.25, 0.3) is 65.8 Å². The monoisotopic (exact) mass is 892 g/mol. The summed E-state index contributed by atoms with van der Waals surface area (Å²) in [5, 5.41) is 3.30. The second kappa shape index (κ2) is 15.1. The molecule has 53 heavy (non-hydrogen) atoms. The van der Waals surface area contributed by atoms with Crippen LogP contribution in [0.5, 0.6) is 0 Å². The second-order valence-electron chi connectivity index (χ2n) is 16.0. The number of hydrogen-bond acceptors (Lipinski definition) is 5. The minimum absolute atomic E-state index is 0. The van der Waals surface area contributed by atoms with Crippen molar-refractivity contribution in [2.24, 2.45) is 5.41 Å². The normalized spacial score (nSPS) is 11.8. The summed E-state index contributed by atoms with van der Waals surface area (Å²) >= 11 is 1.75. The Labute approximate surface area is 331 Å². The maximum atomic E-state index is 6.52. The predicted octanol–water partition coefficient (Wildman–Crippen LogP) is 13.1. The van der Waals surface area contributed by atoms with Crippen LogP contribution in [-0.4, -0.2) is 15.0 Å². The van der Waals surface area contributed by atoms with E-state index >= 15 is 0 Å². The number of furan rings is 1. The quantitative estimate of drug-likeness (QED) is 0.165. The van der Waals surface area contributed by atoms with Crippen molar-refractivity contribution in [3.8, 4) is 33.6 Å². The Morgan fingerprint density at radius 3 is 2.15 bits per heavy atom.